The molecule has 3 rings (SSSR count). The molecule has 0 aliphatic carbocycles. The first-order valence-corrected chi connectivity index (χ1v) is 10.0. The van der Waals surface area contributed by atoms with E-state index in [1.165, 1.54) is 23.8 Å². The molecular weight excluding hydrogens is 345 g/mol. The van der Waals surface area contributed by atoms with Crippen molar-refractivity contribution in [2.45, 2.75) is 39.5 Å². The van der Waals surface area contributed by atoms with Crippen molar-refractivity contribution >= 4 is 17.5 Å². The quantitative estimate of drug-likeness (QED) is 0.778. The van der Waals surface area contributed by atoms with Gasteiger partial charge in [0.15, 0.2) is 0 Å². The second kappa shape index (κ2) is 8.83. The predicted octanol–water partition coefficient (Wildman–Crippen LogP) is 2.73. The van der Waals surface area contributed by atoms with Crippen LogP contribution in [0.3, 0.4) is 0 Å². The van der Waals surface area contributed by atoms with E-state index >= 15 is 0 Å². The van der Waals surface area contributed by atoms with Crippen LogP contribution in [0.2, 0.25) is 0 Å². The molecule has 1 atom stereocenters. The van der Waals surface area contributed by atoms with Crippen LogP contribution in [0.1, 0.15) is 38.2 Å². The van der Waals surface area contributed by atoms with Gasteiger partial charge in [-0.25, -0.2) is 4.39 Å². The minimum absolute atomic E-state index is 0.106. The van der Waals surface area contributed by atoms with Crippen molar-refractivity contribution in [3.63, 3.8) is 0 Å². The van der Waals surface area contributed by atoms with Crippen LogP contribution in [0.25, 0.3) is 0 Å². The number of carbonyl (C=O) groups is 2. The molecular formula is C21H30FN3O2. The monoisotopic (exact) mass is 375 g/mol. The van der Waals surface area contributed by atoms with Crippen molar-refractivity contribution in [1.82, 2.24) is 10.2 Å². The zero-order chi connectivity index (χ0) is 19.4. The van der Waals surface area contributed by atoms with Crippen LogP contribution in [0, 0.1) is 24.6 Å². The van der Waals surface area contributed by atoms with Gasteiger partial charge in [-0.15, -0.1) is 0 Å². The Balaban J connectivity index is 1.43. The number of nitrogens with zero attached hydrogens (tertiary/aromatic N) is 2. The van der Waals surface area contributed by atoms with Gasteiger partial charge in [0.2, 0.25) is 11.8 Å². The molecule has 1 unspecified atom stereocenters. The summed E-state index contributed by atoms with van der Waals surface area (Å²) in [5.74, 6) is -0.303. The minimum atomic E-state index is -0.416. The first-order valence-electron chi connectivity index (χ1n) is 10.0. The Bertz CT molecular complexity index is 686. The van der Waals surface area contributed by atoms with E-state index in [0.29, 0.717) is 6.54 Å². The average Bonchev–Trinajstić information content (AvgIpc) is 3.02. The number of aryl methyl sites for hydroxylation is 1. The molecule has 0 bridgehead atoms. The van der Waals surface area contributed by atoms with Crippen molar-refractivity contribution < 1.29 is 14.0 Å². The van der Waals surface area contributed by atoms with E-state index in [1.54, 1.807) is 19.1 Å². The number of piperidine rings is 1. The molecule has 2 aliphatic heterocycles. The largest absolute Gasteiger partial charge is 0.356 e. The lowest BCUT2D eigenvalue weighted by Gasteiger charge is -2.30. The molecule has 2 amide bonds. The van der Waals surface area contributed by atoms with Gasteiger partial charge in [0.25, 0.3) is 0 Å². The van der Waals surface area contributed by atoms with Crippen molar-refractivity contribution in [3.05, 3.63) is 29.6 Å². The van der Waals surface area contributed by atoms with Gasteiger partial charge in [0.1, 0.15) is 5.82 Å². The standard InChI is InChI=1S/C21H30FN3O2/c1-15-6-10-24(11-7-15)9-3-8-23-21(27)17-13-20(26)25(14-17)19-5-4-16(2)12-18(19)22/h4-5,12,15,17H,3,6-11,13-14H2,1-2H3,(H,23,27). The van der Waals surface area contributed by atoms with Crippen molar-refractivity contribution in [2.75, 3.05) is 37.6 Å². The first-order chi connectivity index (χ1) is 12.9. The lowest BCUT2D eigenvalue weighted by atomic mass is 9.99. The lowest BCUT2D eigenvalue weighted by molar-refractivity contribution is -0.126. The molecule has 27 heavy (non-hydrogen) atoms. The molecule has 0 saturated carbocycles. The normalized spacial score (nSPS) is 21.7. The number of anilines is 1. The summed E-state index contributed by atoms with van der Waals surface area (Å²) in [5.41, 5.74) is 1.07. The second-order valence-corrected chi connectivity index (χ2v) is 8.03. The topological polar surface area (TPSA) is 52.7 Å². The SMILES string of the molecule is Cc1ccc(N2CC(C(=O)NCCCN3CCC(C)CC3)CC2=O)c(F)c1. The van der Waals surface area contributed by atoms with E-state index < -0.39 is 11.7 Å². The van der Waals surface area contributed by atoms with Crippen LogP contribution in [0.5, 0.6) is 0 Å². The Labute approximate surface area is 160 Å². The molecule has 1 aromatic rings. The Morgan fingerprint density at radius 3 is 2.74 bits per heavy atom. The van der Waals surface area contributed by atoms with E-state index in [1.807, 2.05) is 0 Å². The van der Waals surface area contributed by atoms with Crippen LogP contribution in [-0.4, -0.2) is 49.4 Å². The van der Waals surface area contributed by atoms with Gasteiger partial charge in [0, 0.05) is 19.5 Å². The number of hydrogen-bond donors (Lipinski definition) is 1. The van der Waals surface area contributed by atoms with Gasteiger partial charge in [-0.05, 0) is 69.4 Å². The molecule has 5 nitrogen and oxygen atoms in total. The third-order valence-corrected chi connectivity index (χ3v) is 5.72. The Hall–Kier alpha value is -1.95. The van der Waals surface area contributed by atoms with Crippen LogP contribution in [-0.2, 0) is 9.59 Å². The first kappa shape index (κ1) is 19.8. The summed E-state index contributed by atoms with van der Waals surface area (Å²) < 4.78 is 14.2. The maximum absolute atomic E-state index is 14.2. The Kier molecular flexibility index (Phi) is 6.47. The zero-order valence-corrected chi connectivity index (χ0v) is 16.3. The summed E-state index contributed by atoms with van der Waals surface area (Å²) >= 11 is 0. The number of nitrogens with one attached hydrogen (secondary N) is 1. The van der Waals surface area contributed by atoms with Crippen molar-refractivity contribution in [2.24, 2.45) is 11.8 Å². The third kappa shape index (κ3) is 5.06. The summed E-state index contributed by atoms with van der Waals surface area (Å²) in [6.07, 6.45) is 3.56. The maximum atomic E-state index is 14.2. The van der Waals surface area contributed by atoms with Crippen molar-refractivity contribution in [1.29, 1.82) is 0 Å². The van der Waals surface area contributed by atoms with Gasteiger partial charge in [-0.3, -0.25) is 9.59 Å². The second-order valence-electron chi connectivity index (χ2n) is 8.03. The van der Waals surface area contributed by atoms with Gasteiger partial charge >= 0.3 is 0 Å². The molecule has 2 heterocycles. The average molecular weight is 375 g/mol. The minimum Gasteiger partial charge on any atom is -0.356 e. The molecule has 2 fully saturated rings. The maximum Gasteiger partial charge on any atom is 0.227 e. The number of rotatable bonds is 6. The van der Waals surface area contributed by atoms with Crippen LogP contribution in [0.4, 0.5) is 10.1 Å². The highest BCUT2D eigenvalue weighted by molar-refractivity contribution is 6.00. The number of halogens is 1. The summed E-state index contributed by atoms with van der Waals surface area (Å²) in [6, 6.07) is 4.81. The number of hydrogen-bond acceptors (Lipinski definition) is 3. The van der Waals surface area contributed by atoms with E-state index in [9.17, 15) is 14.0 Å². The van der Waals surface area contributed by atoms with E-state index in [-0.39, 0.29) is 30.5 Å². The van der Waals surface area contributed by atoms with E-state index in [0.717, 1.165) is 37.5 Å². The highest BCUT2D eigenvalue weighted by Gasteiger charge is 2.36. The smallest absolute Gasteiger partial charge is 0.227 e. The lowest BCUT2D eigenvalue weighted by Crippen LogP contribution is -2.37. The highest BCUT2D eigenvalue weighted by Crippen LogP contribution is 2.28. The van der Waals surface area contributed by atoms with Gasteiger partial charge < -0.3 is 15.1 Å². The number of amides is 2. The van der Waals surface area contributed by atoms with Gasteiger partial charge in [-0.2, -0.15) is 0 Å². The number of carbonyl (C=O) groups excluding carboxylic acids is 2. The molecule has 1 N–H and O–H groups in total. The molecule has 148 valence electrons. The van der Waals surface area contributed by atoms with Crippen LogP contribution >= 0.6 is 0 Å². The van der Waals surface area contributed by atoms with Crippen LogP contribution in [0.15, 0.2) is 18.2 Å². The highest BCUT2D eigenvalue weighted by atomic mass is 19.1. The van der Waals surface area contributed by atoms with E-state index in [2.05, 4.69) is 17.1 Å². The van der Waals surface area contributed by atoms with Crippen LogP contribution < -0.4 is 10.2 Å². The fourth-order valence-corrected chi connectivity index (χ4v) is 3.89. The van der Waals surface area contributed by atoms with Gasteiger partial charge in [-0.1, -0.05) is 13.0 Å². The van der Waals surface area contributed by atoms with Crippen molar-refractivity contribution in [3.8, 4) is 0 Å². The number of likely N-dealkylation sites (tertiary alicyclic amines) is 1. The van der Waals surface area contributed by atoms with E-state index in [4.69, 9.17) is 0 Å². The molecule has 1 aromatic carbocycles. The fraction of sp³-hybridized carbons (Fsp3) is 0.619. The summed E-state index contributed by atoms with van der Waals surface area (Å²) in [6.45, 7) is 8.25. The fourth-order valence-electron chi connectivity index (χ4n) is 3.89. The molecule has 0 aromatic heterocycles. The molecule has 2 aliphatic rings. The number of benzene rings is 1. The summed E-state index contributed by atoms with van der Waals surface area (Å²) in [5, 5.41) is 2.95. The molecule has 0 spiro atoms. The molecule has 6 heteroatoms. The Morgan fingerprint density at radius 1 is 1.30 bits per heavy atom. The zero-order valence-electron chi connectivity index (χ0n) is 16.3. The van der Waals surface area contributed by atoms with Gasteiger partial charge in [0.05, 0.1) is 11.6 Å². The molecule has 2 saturated heterocycles. The summed E-state index contributed by atoms with van der Waals surface area (Å²) in [4.78, 5) is 28.5. The third-order valence-electron chi connectivity index (χ3n) is 5.72. The predicted molar refractivity (Wildman–Crippen MR) is 104 cm³/mol. The molecule has 0 radical (unpaired) electrons. The Morgan fingerprint density at radius 2 is 2.04 bits per heavy atom. The summed E-state index contributed by atoms with van der Waals surface area (Å²) in [7, 11) is 0.